The third-order valence-corrected chi connectivity index (χ3v) is 6.09. The predicted octanol–water partition coefficient (Wildman–Crippen LogP) is 4.51. The summed E-state index contributed by atoms with van der Waals surface area (Å²) in [6, 6.07) is 13.8. The van der Waals surface area contributed by atoms with E-state index >= 15 is 0 Å². The maximum atomic E-state index is 12.5. The van der Waals surface area contributed by atoms with Crippen LogP contribution in [0, 0.1) is 13.8 Å². The van der Waals surface area contributed by atoms with E-state index in [9.17, 15) is 4.79 Å². The summed E-state index contributed by atoms with van der Waals surface area (Å²) in [7, 11) is 0. The summed E-state index contributed by atoms with van der Waals surface area (Å²) >= 11 is 6.28. The van der Waals surface area contributed by atoms with Gasteiger partial charge < -0.3 is 9.73 Å². The van der Waals surface area contributed by atoms with Crippen molar-refractivity contribution in [3.05, 3.63) is 82.0 Å². The van der Waals surface area contributed by atoms with Crippen molar-refractivity contribution < 1.29 is 9.21 Å². The Labute approximate surface area is 187 Å². The monoisotopic (exact) mass is 438 g/mol. The lowest BCUT2D eigenvalue weighted by Gasteiger charge is -2.34. The molecule has 1 fully saturated rings. The van der Waals surface area contributed by atoms with Gasteiger partial charge in [-0.1, -0.05) is 35.9 Å². The van der Waals surface area contributed by atoms with Gasteiger partial charge in [-0.2, -0.15) is 0 Å². The van der Waals surface area contributed by atoms with Crippen molar-refractivity contribution in [2.24, 2.45) is 0 Å². The van der Waals surface area contributed by atoms with Crippen molar-refractivity contribution in [3.8, 4) is 0 Å². The van der Waals surface area contributed by atoms with Crippen LogP contribution in [0.15, 0.2) is 53.1 Å². The molecular weight excluding hydrogens is 412 g/mol. The van der Waals surface area contributed by atoms with Gasteiger partial charge in [0.15, 0.2) is 5.69 Å². The van der Waals surface area contributed by atoms with Crippen LogP contribution >= 0.6 is 11.6 Å². The molecule has 1 saturated heterocycles. The lowest BCUT2D eigenvalue weighted by molar-refractivity contribution is 0.102. The third kappa shape index (κ3) is 5.53. The number of aromatic nitrogens is 1. The maximum absolute atomic E-state index is 12.5. The van der Waals surface area contributed by atoms with Crippen molar-refractivity contribution in [1.82, 2.24) is 14.8 Å². The molecule has 1 aliphatic heterocycles. The standard InChI is InChI=1S/C24H27ClN4O2/c1-17-7-8-20(13-18(17)2)26-24(30)22-16-31-23(27-22)15-29-11-9-28(10-12-29)14-19-5-3-4-6-21(19)25/h3-8,13,16H,9-12,14-15H2,1-2H3,(H,26,30). The highest BCUT2D eigenvalue weighted by molar-refractivity contribution is 6.31. The molecule has 0 spiro atoms. The number of carbonyl (C=O) groups excluding carboxylic acids is 1. The van der Waals surface area contributed by atoms with Crippen molar-refractivity contribution in [3.63, 3.8) is 0 Å². The Morgan fingerprint density at radius 3 is 2.45 bits per heavy atom. The van der Waals surface area contributed by atoms with Crippen LogP contribution in [-0.2, 0) is 13.1 Å². The summed E-state index contributed by atoms with van der Waals surface area (Å²) < 4.78 is 5.56. The summed E-state index contributed by atoms with van der Waals surface area (Å²) in [6.07, 6.45) is 1.43. The molecule has 7 heteroatoms. The van der Waals surface area contributed by atoms with E-state index in [2.05, 4.69) is 26.2 Å². The fraction of sp³-hybridized carbons (Fsp3) is 0.333. The van der Waals surface area contributed by atoms with Gasteiger partial charge in [0.05, 0.1) is 6.54 Å². The highest BCUT2D eigenvalue weighted by Crippen LogP contribution is 2.19. The van der Waals surface area contributed by atoms with Gasteiger partial charge in [0.2, 0.25) is 5.89 Å². The zero-order valence-corrected chi connectivity index (χ0v) is 18.7. The summed E-state index contributed by atoms with van der Waals surface area (Å²) in [5, 5.41) is 3.70. The quantitative estimate of drug-likeness (QED) is 0.613. The van der Waals surface area contributed by atoms with E-state index in [-0.39, 0.29) is 5.91 Å². The van der Waals surface area contributed by atoms with Gasteiger partial charge in [0, 0.05) is 43.4 Å². The van der Waals surface area contributed by atoms with E-state index < -0.39 is 0 Å². The number of anilines is 1. The number of piperazine rings is 1. The van der Waals surface area contributed by atoms with Gasteiger partial charge in [-0.3, -0.25) is 14.6 Å². The molecule has 0 radical (unpaired) electrons. The molecule has 0 aliphatic carbocycles. The molecule has 2 aromatic carbocycles. The zero-order chi connectivity index (χ0) is 21.8. The summed E-state index contributed by atoms with van der Waals surface area (Å²) in [4.78, 5) is 21.6. The molecule has 1 aliphatic rings. The number of aryl methyl sites for hydroxylation is 2. The summed E-state index contributed by atoms with van der Waals surface area (Å²) in [5.41, 5.74) is 4.53. The molecule has 162 valence electrons. The van der Waals surface area contributed by atoms with E-state index in [4.69, 9.17) is 16.0 Å². The van der Waals surface area contributed by atoms with E-state index in [0.29, 0.717) is 18.1 Å². The van der Waals surface area contributed by atoms with Gasteiger partial charge in [0.25, 0.3) is 5.91 Å². The fourth-order valence-corrected chi connectivity index (χ4v) is 3.86. The molecule has 4 rings (SSSR count). The number of rotatable bonds is 6. The molecule has 0 atom stereocenters. The van der Waals surface area contributed by atoms with Crippen LogP contribution < -0.4 is 5.32 Å². The number of nitrogens with zero attached hydrogens (tertiary/aromatic N) is 3. The Balaban J connectivity index is 1.28. The fourth-order valence-electron chi connectivity index (χ4n) is 3.67. The van der Waals surface area contributed by atoms with Crippen LogP contribution in [-0.4, -0.2) is 46.9 Å². The van der Waals surface area contributed by atoms with Crippen LogP contribution in [0.1, 0.15) is 33.1 Å². The second-order valence-corrected chi connectivity index (χ2v) is 8.43. The van der Waals surface area contributed by atoms with Gasteiger partial charge in [-0.25, -0.2) is 4.98 Å². The molecule has 0 saturated carbocycles. The Morgan fingerprint density at radius 2 is 1.74 bits per heavy atom. The summed E-state index contributed by atoms with van der Waals surface area (Å²) in [5.74, 6) is 0.299. The molecule has 0 unspecified atom stereocenters. The minimum atomic E-state index is -0.261. The van der Waals surface area contributed by atoms with Crippen molar-refractivity contribution in [1.29, 1.82) is 0 Å². The lowest BCUT2D eigenvalue weighted by atomic mass is 10.1. The number of benzene rings is 2. The topological polar surface area (TPSA) is 61.6 Å². The van der Waals surface area contributed by atoms with E-state index in [0.717, 1.165) is 54.6 Å². The number of carbonyl (C=O) groups is 1. The number of oxazole rings is 1. The Bertz CT molecular complexity index is 1060. The Morgan fingerprint density at radius 1 is 1.03 bits per heavy atom. The number of hydrogen-bond acceptors (Lipinski definition) is 5. The number of hydrogen-bond donors (Lipinski definition) is 1. The molecule has 6 nitrogen and oxygen atoms in total. The average Bonchev–Trinajstić information content (AvgIpc) is 3.22. The van der Waals surface area contributed by atoms with Gasteiger partial charge >= 0.3 is 0 Å². The average molecular weight is 439 g/mol. The molecule has 3 aromatic rings. The van der Waals surface area contributed by atoms with E-state index in [1.54, 1.807) is 0 Å². The first kappa shape index (κ1) is 21.6. The van der Waals surface area contributed by atoms with Crippen LogP contribution in [0.4, 0.5) is 5.69 Å². The second kappa shape index (κ2) is 9.64. The Kier molecular flexibility index (Phi) is 6.70. The maximum Gasteiger partial charge on any atom is 0.277 e. The van der Waals surface area contributed by atoms with Gasteiger partial charge in [-0.15, -0.1) is 0 Å². The van der Waals surface area contributed by atoms with Crippen molar-refractivity contribution in [2.75, 3.05) is 31.5 Å². The van der Waals surface area contributed by atoms with Gasteiger partial charge in [-0.05, 0) is 48.7 Å². The molecule has 1 aromatic heterocycles. The molecule has 2 heterocycles. The SMILES string of the molecule is Cc1ccc(NC(=O)c2coc(CN3CCN(Cc4ccccc4Cl)CC3)n2)cc1C. The molecule has 1 N–H and O–H groups in total. The molecule has 31 heavy (non-hydrogen) atoms. The van der Waals surface area contributed by atoms with E-state index in [1.807, 2.05) is 50.2 Å². The third-order valence-electron chi connectivity index (χ3n) is 5.72. The van der Waals surface area contributed by atoms with Crippen molar-refractivity contribution in [2.45, 2.75) is 26.9 Å². The van der Waals surface area contributed by atoms with Crippen LogP contribution in [0.25, 0.3) is 0 Å². The highest BCUT2D eigenvalue weighted by atomic mass is 35.5. The minimum absolute atomic E-state index is 0.261. The molecule has 0 bridgehead atoms. The second-order valence-electron chi connectivity index (χ2n) is 8.02. The molecule has 1 amide bonds. The van der Waals surface area contributed by atoms with E-state index in [1.165, 1.54) is 11.8 Å². The van der Waals surface area contributed by atoms with Crippen molar-refractivity contribution >= 4 is 23.2 Å². The van der Waals surface area contributed by atoms with Crippen LogP contribution in [0.3, 0.4) is 0 Å². The predicted molar refractivity (Wildman–Crippen MR) is 122 cm³/mol. The van der Waals surface area contributed by atoms with Gasteiger partial charge in [0.1, 0.15) is 6.26 Å². The first-order valence-electron chi connectivity index (χ1n) is 10.5. The summed E-state index contributed by atoms with van der Waals surface area (Å²) in [6.45, 7) is 9.24. The number of nitrogens with one attached hydrogen (secondary N) is 1. The largest absolute Gasteiger partial charge is 0.447 e. The number of halogens is 1. The van der Waals surface area contributed by atoms with Crippen LogP contribution in [0.5, 0.6) is 0 Å². The highest BCUT2D eigenvalue weighted by Gasteiger charge is 2.20. The number of amides is 1. The Hall–Kier alpha value is -2.67. The lowest BCUT2D eigenvalue weighted by Crippen LogP contribution is -2.45. The smallest absolute Gasteiger partial charge is 0.277 e. The first-order valence-corrected chi connectivity index (χ1v) is 10.9. The zero-order valence-electron chi connectivity index (χ0n) is 17.9. The molecular formula is C24H27ClN4O2. The normalized spacial score (nSPS) is 15.2. The first-order chi connectivity index (χ1) is 15.0. The van der Waals surface area contributed by atoms with Crippen LogP contribution in [0.2, 0.25) is 5.02 Å². The minimum Gasteiger partial charge on any atom is -0.447 e.